The molecule has 1 fully saturated rings. The van der Waals surface area contributed by atoms with Crippen LogP contribution in [-0.4, -0.2) is 16.0 Å². The third kappa shape index (κ3) is 2.72. The Morgan fingerprint density at radius 3 is 2.57 bits per heavy atom. The van der Waals surface area contributed by atoms with Crippen LogP contribution in [0.1, 0.15) is 43.1 Å². The van der Waals surface area contributed by atoms with E-state index in [1.54, 1.807) is 6.92 Å². The number of nitrogens with zero attached hydrogens (tertiary/aromatic N) is 2. The van der Waals surface area contributed by atoms with Gasteiger partial charge >= 0.3 is 0 Å². The summed E-state index contributed by atoms with van der Waals surface area (Å²) in [5, 5.41) is 6.73. The number of carbonyl (C=O) groups is 1. The smallest absolute Gasteiger partial charge is 0.248 e. The molecule has 5 nitrogen and oxygen atoms in total. The van der Waals surface area contributed by atoms with Gasteiger partial charge in [-0.1, -0.05) is 33.2 Å². The largest absolute Gasteiger partial charge is 0.344 e. The molecule has 0 spiro atoms. The number of halogens is 1. The molecule has 110 valence electrons. The molecule has 1 N–H and O–H groups in total. The molecule has 1 aliphatic rings. The van der Waals surface area contributed by atoms with Crippen molar-refractivity contribution in [2.75, 3.05) is 0 Å². The first-order valence-electron chi connectivity index (χ1n) is 6.88. The molecule has 1 aromatic heterocycles. The first-order valence-corrected chi connectivity index (χ1v) is 7.68. The van der Waals surface area contributed by atoms with Crippen molar-refractivity contribution in [2.45, 2.75) is 38.1 Å². The molecule has 2 aromatic rings. The Kier molecular flexibility index (Phi) is 3.57. The van der Waals surface area contributed by atoms with Gasteiger partial charge in [0, 0.05) is 4.47 Å². The second-order valence-electron chi connectivity index (χ2n) is 5.46. The van der Waals surface area contributed by atoms with Crippen LogP contribution in [-0.2, 0) is 10.2 Å². The van der Waals surface area contributed by atoms with Crippen molar-refractivity contribution in [3.8, 4) is 0 Å². The van der Waals surface area contributed by atoms with Crippen molar-refractivity contribution < 1.29 is 9.32 Å². The number of amides is 1. The van der Waals surface area contributed by atoms with Crippen LogP contribution in [0.3, 0.4) is 0 Å². The number of rotatable bonds is 4. The van der Waals surface area contributed by atoms with Crippen LogP contribution >= 0.6 is 15.9 Å². The number of aryl methyl sites for hydroxylation is 1. The highest BCUT2D eigenvalue weighted by molar-refractivity contribution is 9.10. The van der Waals surface area contributed by atoms with Crippen LogP contribution < -0.4 is 5.32 Å². The lowest BCUT2D eigenvalue weighted by atomic mass is 9.95. The van der Waals surface area contributed by atoms with Crippen molar-refractivity contribution in [3.05, 3.63) is 46.0 Å². The van der Waals surface area contributed by atoms with Crippen LogP contribution in [0, 0.1) is 6.92 Å². The highest BCUT2D eigenvalue weighted by Crippen LogP contribution is 2.48. The molecular formula is C15H16BrN3O2. The van der Waals surface area contributed by atoms with E-state index >= 15 is 0 Å². The van der Waals surface area contributed by atoms with Crippen molar-refractivity contribution >= 4 is 21.8 Å². The average molecular weight is 350 g/mol. The standard InChI is InChI=1S/C15H16BrN3O2/c1-9(13-18-10(2)19-21-13)17-14(20)15(7-8-15)11-3-5-12(16)6-4-11/h3-6,9H,7-8H2,1-2H3,(H,17,20). The van der Waals surface area contributed by atoms with Crippen molar-refractivity contribution in [2.24, 2.45) is 0 Å². The molecule has 3 rings (SSSR count). The third-order valence-electron chi connectivity index (χ3n) is 3.84. The van der Waals surface area contributed by atoms with Crippen LogP contribution in [0.15, 0.2) is 33.3 Å². The summed E-state index contributed by atoms with van der Waals surface area (Å²) < 4.78 is 6.11. The molecule has 0 saturated heterocycles. The van der Waals surface area contributed by atoms with E-state index < -0.39 is 5.41 Å². The van der Waals surface area contributed by atoms with Crippen molar-refractivity contribution in [1.82, 2.24) is 15.5 Å². The Balaban J connectivity index is 1.74. The molecule has 1 heterocycles. The zero-order chi connectivity index (χ0) is 15.0. The Bertz CT molecular complexity index is 662. The first-order chi connectivity index (χ1) is 10.0. The van der Waals surface area contributed by atoms with Crippen LogP contribution in [0.4, 0.5) is 0 Å². The maximum atomic E-state index is 12.6. The quantitative estimate of drug-likeness (QED) is 0.920. The lowest BCUT2D eigenvalue weighted by molar-refractivity contribution is -0.124. The average Bonchev–Trinajstić information content (AvgIpc) is 3.16. The highest BCUT2D eigenvalue weighted by Gasteiger charge is 2.51. The summed E-state index contributed by atoms with van der Waals surface area (Å²) in [4.78, 5) is 16.7. The highest BCUT2D eigenvalue weighted by atomic mass is 79.9. The van der Waals surface area contributed by atoms with Gasteiger partial charge in [0.1, 0.15) is 6.04 Å². The fourth-order valence-corrected chi connectivity index (χ4v) is 2.69. The van der Waals surface area contributed by atoms with Crippen LogP contribution in [0.2, 0.25) is 0 Å². The molecule has 1 aromatic carbocycles. The number of benzene rings is 1. The predicted octanol–water partition coefficient (Wildman–Crippen LogP) is 3.05. The monoisotopic (exact) mass is 349 g/mol. The van der Waals surface area contributed by atoms with Gasteiger partial charge < -0.3 is 9.84 Å². The predicted molar refractivity (Wildman–Crippen MR) is 80.6 cm³/mol. The minimum Gasteiger partial charge on any atom is -0.344 e. The molecule has 1 amide bonds. The summed E-state index contributed by atoms with van der Waals surface area (Å²) in [5.41, 5.74) is 0.654. The first kappa shape index (κ1) is 14.3. The summed E-state index contributed by atoms with van der Waals surface area (Å²) >= 11 is 3.41. The molecule has 1 atom stereocenters. The minimum atomic E-state index is -0.399. The molecule has 0 radical (unpaired) electrons. The van der Waals surface area contributed by atoms with E-state index in [1.165, 1.54) is 0 Å². The fraction of sp³-hybridized carbons (Fsp3) is 0.400. The van der Waals surface area contributed by atoms with Gasteiger partial charge in [-0.3, -0.25) is 4.79 Å². The molecule has 6 heteroatoms. The third-order valence-corrected chi connectivity index (χ3v) is 4.37. The fourth-order valence-electron chi connectivity index (χ4n) is 2.43. The van der Waals surface area contributed by atoms with Gasteiger partial charge in [0.15, 0.2) is 5.82 Å². The summed E-state index contributed by atoms with van der Waals surface area (Å²) in [6.07, 6.45) is 1.74. The normalized spacial score (nSPS) is 17.3. The lowest BCUT2D eigenvalue weighted by Gasteiger charge is -2.18. The van der Waals surface area contributed by atoms with E-state index in [4.69, 9.17) is 4.52 Å². The van der Waals surface area contributed by atoms with E-state index in [0.717, 1.165) is 22.9 Å². The maximum Gasteiger partial charge on any atom is 0.248 e. The zero-order valence-corrected chi connectivity index (χ0v) is 13.5. The van der Waals surface area contributed by atoms with Gasteiger partial charge in [-0.25, -0.2) is 0 Å². The van der Waals surface area contributed by atoms with E-state index in [9.17, 15) is 4.79 Å². The Morgan fingerprint density at radius 1 is 1.38 bits per heavy atom. The lowest BCUT2D eigenvalue weighted by Crippen LogP contribution is -2.36. The zero-order valence-electron chi connectivity index (χ0n) is 11.9. The number of aromatic nitrogens is 2. The maximum absolute atomic E-state index is 12.6. The summed E-state index contributed by atoms with van der Waals surface area (Å²) in [6, 6.07) is 7.64. The van der Waals surface area contributed by atoms with E-state index in [0.29, 0.717) is 11.7 Å². The molecule has 1 aliphatic carbocycles. The van der Waals surface area contributed by atoms with E-state index in [2.05, 4.69) is 31.4 Å². The van der Waals surface area contributed by atoms with Crippen molar-refractivity contribution in [1.29, 1.82) is 0 Å². The molecule has 0 bridgehead atoms. The molecule has 1 unspecified atom stereocenters. The topological polar surface area (TPSA) is 68.0 Å². The van der Waals surface area contributed by atoms with Gasteiger partial charge in [-0.05, 0) is 44.4 Å². The van der Waals surface area contributed by atoms with Crippen molar-refractivity contribution in [3.63, 3.8) is 0 Å². The Labute approximate surface area is 131 Å². The van der Waals surface area contributed by atoms with Gasteiger partial charge in [-0.15, -0.1) is 0 Å². The molecular weight excluding hydrogens is 334 g/mol. The summed E-state index contributed by atoms with van der Waals surface area (Å²) in [5.74, 6) is 1.03. The van der Waals surface area contributed by atoms with Crippen LogP contribution in [0.5, 0.6) is 0 Å². The van der Waals surface area contributed by atoms with E-state index in [1.807, 2.05) is 31.2 Å². The number of nitrogens with one attached hydrogen (secondary N) is 1. The second kappa shape index (κ2) is 5.26. The number of carbonyl (C=O) groups excluding carboxylic acids is 1. The Hall–Kier alpha value is -1.69. The minimum absolute atomic E-state index is 0.0215. The van der Waals surface area contributed by atoms with Gasteiger partial charge in [0.25, 0.3) is 0 Å². The number of hydrogen-bond acceptors (Lipinski definition) is 4. The van der Waals surface area contributed by atoms with E-state index in [-0.39, 0.29) is 11.9 Å². The van der Waals surface area contributed by atoms with Crippen LogP contribution in [0.25, 0.3) is 0 Å². The second-order valence-corrected chi connectivity index (χ2v) is 6.38. The molecule has 0 aliphatic heterocycles. The summed E-state index contributed by atoms with van der Waals surface area (Å²) in [7, 11) is 0. The summed E-state index contributed by atoms with van der Waals surface area (Å²) in [6.45, 7) is 3.61. The van der Waals surface area contributed by atoms with Gasteiger partial charge in [0.2, 0.25) is 11.8 Å². The molecule has 1 saturated carbocycles. The van der Waals surface area contributed by atoms with Gasteiger partial charge in [-0.2, -0.15) is 4.98 Å². The Morgan fingerprint density at radius 2 is 2.05 bits per heavy atom. The molecule has 21 heavy (non-hydrogen) atoms. The number of hydrogen-bond donors (Lipinski definition) is 1. The SMILES string of the molecule is Cc1noc(C(C)NC(=O)C2(c3ccc(Br)cc3)CC2)n1. The van der Waals surface area contributed by atoms with Gasteiger partial charge in [0.05, 0.1) is 5.41 Å².